The highest BCUT2D eigenvalue weighted by Gasteiger charge is 2.55. The predicted octanol–water partition coefficient (Wildman–Crippen LogP) is 4.35. The van der Waals surface area contributed by atoms with Gasteiger partial charge in [0.15, 0.2) is 5.90 Å². The second-order valence-corrected chi connectivity index (χ2v) is 9.46. The lowest BCUT2D eigenvalue weighted by molar-refractivity contribution is 0.248. The van der Waals surface area contributed by atoms with Crippen molar-refractivity contribution in [3.63, 3.8) is 0 Å². The molecule has 0 saturated carbocycles. The zero-order chi connectivity index (χ0) is 20.9. The summed E-state index contributed by atoms with van der Waals surface area (Å²) >= 11 is 0. The standard InChI is InChI=1S/C26H30N2O2/c1-25(2)16-30-24(28-25)26(3)19-13-9-8-12-18(19)23(29-4)22-20(26)15-27-21(22)14-17-10-6-5-7-11-17/h5-13,20-21,27H,14-16H2,1-4H3/t20-,21?,26+/m0/s1. The van der Waals surface area contributed by atoms with Crippen LogP contribution in [0.15, 0.2) is 65.2 Å². The van der Waals surface area contributed by atoms with Crippen molar-refractivity contribution < 1.29 is 9.47 Å². The average Bonchev–Trinajstić information content (AvgIpc) is 3.33. The number of nitrogens with one attached hydrogen (secondary N) is 1. The molecule has 2 aromatic rings. The first-order chi connectivity index (χ1) is 14.4. The number of methoxy groups -OCH3 is 1. The van der Waals surface area contributed by atoms with Gasteiger partial charge in [-0.25, -0.2) is 4.99 Å². The van der Waals surface area contributed by atoms with E-state index in [-0.39, 0.29) is 22.9 Å². The van der Waals surface area contributed by atoms with Crippen LogP contribution >= 0.6 is 0 Å². The lowest BCUT2D eigenvalue weighted by Gasteiger charge is -2.41. The van der Waals surface area contributed by atoms with Gasteiger partial charge in [0, 0.05) is 24.1 Å². The molecular weight excluding hydrogens is 372 g/mol. The summed E-state index contributed by atoms with van der Waals surface area (Å²) in [5.41, 5.74) is 4.57. The minimum absolute atomic E-state index is 0.186. The largest absolute Gasteiger partial charge is 0.496 e. The molecule has 2 aliphatic heterocycles. The first-order valence-corrected chi connectivity index (χ1v) is 10.8. The van der Waals surface area contributed by atoms with E-state index >= 15 is 0 Å². The van der Waals surface area contributed by atoms with Crippen LogP contribution in [0, 0.1) is 5.92 Å². The van der Waals surface area contributed by atoms with Gasteiger partial charge in [-0.05, 0) is 43.9 Å². The molecule has 1 N–H and O–H groups in total. The van der Waals surface area contributed by atoms with Crippen LogP contribution in [0.5, 0.6) is 0 Å². The number of rotatable bonds is 4. The van der Waals surface area contributed by atoms with E-state index in [9.17, 15) is 0 Å². The van der Waals surface area contributed by atoms with Crippen LogP contribution < -0.4 is 5.32 Å². The summed E-state index contributed by atoms with van der Waals surface area (Å²) in [4.78, 5) is 5.04. The molecule has 30 heavy (non-hydrogen) atoms. The van der Waals surface area contributed by atoms with E-state index in [1.807, 2.05) is 0 Å². The lowest BCUT2D eigenvalue weighted by Crippen LogP contribution is -2.45. The van der Waals surface area contributed by atoms with Crippen LogP contribution in [-0.4, -0.2) is 37.7 Å². The average molecular weight is 403 g/mol. The fraction of sp³-hybridized carbons (Fsp3) is 0.423. The quantitative estimate of drug-likeness (QED) is 0.827. The molecule has 3 aliphatic rings. The molecule has 0 aromatic heterocycles. The summed E-state index contributed by atoms with van der Waals surface area (Å²) in [5, 5.41) is 3.80. The molecule has 0 radical (unpaired) electrons. The third-order valence-electron chi connectivity index (χ3n) is 6.91. The van der Waals surface area contributed by atoms with Crippen molar-refractivity contribution in [1.29, 1.82) is 0 Å². The lowest BCUT2D eigenvalue weighted by atomic mass is 9.63. The maximum Gasteiger partial charge on any atom is 0.195 e. The maximum atomic E-state index is 6.26. The van der Waals surface area contributed by atoms with Crippen LogP contribution in [0.2, 0.25) is 0 Å². The number of fused-ring (bicyclic) bond motifs is 2. The van der Waals surface area contributed by atoms with Gasteiger partial charge in [0.2, 0.25) is 0 Å². The molecule has 4 nitrogen and oxygen atoms in total. The third kappa shape index (κ3) is 2.89. The molecular formula is C26H30N2O2. The summed E-state index contributed by atoms with van der Waals surface area (Å²) in [6.07, 6.45) is 0.941. The zero-order valence-electron chi connectivity index (χ0n) is 18.2. The highest BCUT2D eigenvalue weighted by Crippen LogP contribution is 2.52. The van der Waals surface area contributed by atoms with Crippen molar-refractivity contribution in [2.24, 2.45) is 10.9 Å². The van der Waals surface area contributed by atoms with Gasteiger partial charge < -0.3 is 14.8 Å². The van der Waals surface area contributed by atoms with E-state index in [0.717, 1.165) is 30.2 Å². The number of hydrogen-bond acceptors (Lipinski definition) is 4. The topological polar surface area (TPSA) is 42.8 Å². The molecule has 1 unspecified atom stereocenters. The van der Waals surface area contributed by atoms with Crippen LogP contribution in [-0.2, 0) is 21.3 Å². The van der Waals surface area contributed by atoms with Crippen molar-refractivity contribution >= 4 is 11.7 Å². The van der Waals surface area contributed by atoms with Gasteiger partial charge in [0.25, 0.3) is 0 Å². The van der Waals surface area contributed by atoms with Crippen LogP contribution in [0.25, 0.3) is 5.76 Å². The highest BCUT2D eigenvalue weighted by molar-refractivity contribution is 5.94. The maximum absolute atomic E-state index is 6.26. The smallest absolute Gasteiger partial charge is 0.195 e. The minimum Gasteiger partial charge on any atom is -0.496 e. The Kier molecular flexibility index (Phi) is 4.51. The Morgan fingerprint density at radius 3 is 2.50 bits per heavy atom. The summed E-state index contributed by atoms with van der Waals surface area (Å²) < 4.78 is 12.3. The first kappa shape index (κ1) is 19.4. The molecule has 4 heteroatoms. The Balaban J connectivity index is 1.66. The van der Waals surface area contributed by atoms with E-state index in [2.05, 4.69) is 80.7 Å². The van der Waals surface area contributed by atoms with Crippen molar-refractivity contribution in [3.05, 3.63) is 76.9 Å². The van der Waals surface area contributed by atoms with Crippen LogP contribution in [0.1, 0.15) is 37.5 Å². The number of nitrogens with zero attached hydrogens (tertiary/aromatic N) is 1. The van der Waals surface area contributed by atoms with Crippen molar-refractivity contribution in [2.45, 2.75) is 44.2 Å². The van der Waals surface area contributed by atoms with E-state index in [1.54, 1.807) is 7.11 Å². The predicted molar refractivity (Wildman–Crippen MR) is 121 cm³/mol. The van der Waals surface area contributed by atoms with Gasteiger partial charge in [0.1, 0.15) is 12.4 Å². The minimum atomic E-state index is -0.319. The Labute approximate surface area is 179 Å². The number of aliphatic imine (C=N–C) groups is 1. The number of benzene rings is 2. The Hall–Kier alpha value is -2.59. The summed E-state index contributed by atoms with van der Waals surface area (Å²) in [6, 6.07) is 19.5. The molecule has 0 bridgehead atoms. The number of hydrogen-bond donors (Lipinski definition) is 1. The first-order valence-electron chi connectivity index (χ1n) is 10.8. The van der Waals surface area contributed by atoms with Crippen molar-refractivity contribution in [3.8, 4) is 0 Å². The molecule has 156 valence electrons. The van der Waals surface area contributed by atoms with Gasteiger partial charge in [-0.15, -0.1) is 0 Å². The second kappa shape index (κ2) is 6.98. The van der Waals surface area contributed by atoms with Crippen LogP contribution in [0.4, 0.5) is 0 Å². The molecule has 1 saturated heterocycles. The molecule has 0 amide bonds. The fourth-order valence-corrected chi connectivity index (χ4v) is 5.41. The van der Waals surface area contributed by atoms with Gasteiger partial charge in [0.05, 0.1) is 18.1 Å². The summed E-state index contributed by atoms with van der Waals surface area (Å²) in [5.74, 6) is 2.11. The second-order valence-electron chi connectivity index (χ2n) is 9.46. The zero-order valence-corrected chi connectivity index (χ0v) is 18.2. The number of ether oxygens (including phenoxy) is 2. The monoisotopic (exact) mass is 402 g/mol. The Bertz CT molecular complexity index is 1020. The third-order valence-corrected chi connectivity index (χ3v) is 6.91. The molecule has 2 aromatic carbocycles. The normalized spacial score (nSPS) is 29.1. The van der Waals surface area contributed by atoms with E-state index in [0.29, 0.717) is 6.61 Å². The molecule has 5 rings (SSSR count). The van der Waals surface area contributed by atoms with E-state index < -0.39 is 0 Å². The van der Waals surface area contributed by atoms with Gasteiger partial charge in [-0.3, -0.25) is 0 Å². The van der Waals surface area contributed by atoms with E-state index in [1.165, 1.54) is 16.7 Å². The summed E-state index contributed by atoms with van der Waals surface area (Å²) in [7, 11) is 1.80. The van der Waals surface area contributed by atoms with Crippen molar-refractivity contribution in [1.82, 2.24) is 5.32 Å². The molecule has 1 fully saturated rings. The van der Waals surface area contributed by atoms with E-state index in [4.69, 9.17) is 14.5 Å². The molecule has 2 heterocycles. The summed E-state index contributed by atoms with van der Waals surface area (Å²) in [6.45, 7) is 8.09. The SMILES string of the molecule is COC1=C2C(Cc3ccccc3)NC[C@@H]2[C@](C)(C2=NC(C)(C)CO2)c2ccccc21. The fourth-order valence-electron chi connectivity index (χ4n) is 5.41. The van der Waals surface area contributed by atoms with Gasteiger partial charge in [-0.1, -0.05) is 54.6 Å². The van der Waals surface area contributed by atoms with Gasteiger partial charge >= 0.3 is 0 Å². The Morgan fingerprint density at radius 2 is 1.80 bits per heavy atom. The van der Waals surface area contributed by atoms with Gasteiger partial charge in [-0.2, -0.15) is 0 Å². The van der Waals surface area contributed by atoms with Crippen molar-refractivity contribution in [2.75, 3.05) is 20.3 Å². The molecule has 3 atom stereocenters. The molecule has 1 aliphatic carbocycles. The Morgan fingerprint density at radius 1 is 1.07 bits per heavy atom. The highest BCUT2D eigenvalue weighted by atomic mass is 16.5. The van der Waals surface area contributed by atoms with Crippen LogP contribution in [0.3, 0.4) is 0 Å². The molecule has 0 spiro atoms.